The summed E-state index contributed by atoms with van der Waals surface area (Å²) in [6, 6.07) is 3.66. The maximum absolute atomic E-state index is 10.4. The largest absolute Gasteiger partial charge is 0.506 e. The fraction of sp³-hybridized carbons (Fsp3) is 0. The van der Waals surface area contributed by atoms with E-state index in [1.807, 2.05) is 0 Å². The molecule has 1 aromatic rings. The summed E-state index contributed by atoms with van der Waals surface area (Å²) in [4.78, 5) is 20.4. The van der Waals surface area contributed by atoms with Gasteiger partial charge in [-0.25, -0.2) is 4.79 Å². The van der Waals surface area contributed by atoms with E-state index >= 15 is 0 Å². The Morgan fingerprint density at radius 2 is 2.15 bits per heavy atom. The number of hydrogen-bond donors (Lipinski definition) is 3. The lowest BCUT2D eigenvalue weighted by Crippen LogP contribution is -1.98. The van der Waals surface area contributed by atoms with Crippen LogP contribution in [0.1, 0.15) is 10.4 Å². The molecule has 0 heterocycles. The molecule has 3 N–H and O–H groups in total. The number of amides is 1. The van der Waals surface area contributed by atoms with E-state index in [1.165, 1.54) is 12.1 Å². The van der Waals surface area contributed by atoms with Gasteiger partial charge in [-0.1, -0.05) is 0 Å². The van der Waals surface area contributed by atoms with Crippen LogP contribution in [-0.2, 0) is 4.79 Å². The number of benzene rings is 1. The predicted molar refractivity (Wildman–Crippen MR) is 44.8 cm³/mol. The van der Waals surface area contributed by atoms with Gasteiger partial charge in [-0.3, -0.25) is 4.79 Å². The molecule has 0 unspecified atom stereocenters. The first-order valence-electron chi connectivity index (χ1n) is 3.41. The van der Waals surface area contributed by atoms with Crippen molar-refractivity contribution < 1.29 is 19.8 Å². The average Bonchev–Trinajstić information content (AvgIpc) is 2.08. The van der Waals surface area contributed by atoms with Crippen LogP contribution < -0.4 is 5.32 Å². The number of phenolic OH excluding ortho intramolecular Hbond substituents is 1. The molecule has 0 aliphatic heterocycles. The first-order chi connectivity index (χ1) is 6.15. The third-order valence-electron chi connectivity index (χ3n) is 1.46. The zero-order valence-corrected chi connectivity index (χ0v) is 6.52. The molecular weight excluding hydrogens is 174 g/mol. The Hall–Kier alpha value is -2.04. The second kappa shape index (κ2) is 3.57. The molecule has 1 rings (SSSR count). The van der Waals surface area contributed by atoms with Crippen molar-refractivity contribution in [1.29, 1.82) is 0 Å². The number of phenols is 1. The van der Waals surface area contributed by atoms with E-state index in [4.69, 9.17) is 5.11 Å². The molecule has 0 spiro atoms. The molecule has 13 heavy (non-hydrogen) atoms. The molecule has 0 aliphatic carbocycles. The number of carboxylic acid groups (broad SMARTS) is 1. The maximum atomic E-state index is 10.4. The molecule has 5 nitrogen and oxygen atoms in total. The summed E-state index contributed by atoms with van der Waals surface area (Å²) in [5, 5.41) is 19.9. The minimum absolute atomic E-state index is 0.0334. The summed E-state index contributed by atoms with van der Waals surface area (Å²) >= 11 is 0. The van der Waals surface area contributed by atoms with Crippen molar-refractivity contribution in [1.82, 2.24) is 0 Å². The number of carbonyl (C=O) groups is 2. The highest BCUT2D eigenvalue weighted by atomic mass is 16.4. The van der Waals surface area contributed by atoms with E-state index in [2.05, 4.69) is 5.32 Å². The molecule has 0 radical (unpaired) electrons. The van der Waals surface area contributed by atoms with Crippen LogP contribution >= 0.6 is 0 Å². The Bertz CT molecular complexity index is 348. The summed E-state index contributed by atoms with van der Waals surface area (Å²) in [6.45, 7) is 0. The number of nitrogens with one attached hydrogen (secondary N) is 1. The molecule has 0 aliphatic rings. The van der Waals surface area contributed by atoms with Crippen molar-refractivity contribution >= 4 is 18.1 Å². The van der Waals surface area contributed by atoms with E-state index in [0.29, 0.717) is 6.41 Å². The Kier molecular flexibility index (Phi) is 2.49. The van der Waals surface area contributed by atoms with Gasteiger partial charge in [0.2, 0.25) is 6.41 Å². The zero-order valence-electron chi connectivity index (χ0n) is 6.52. The number of carbonyl (C=O) groups excluding carboxylic acids is 1. The highest BCUT2D eigenvalue weighted by molar-refractivity contribution is 5.89. The Labute approximate surface area is 73.6 Å². The van der Waals surface area contributed by atoms with Crippen molar-refractivity contribution in [2.45, 2.75) is 0 Å². The first kappa shape index (κ1) is 9.05. The fourth-order valence-corrected chi connectivity index (χ4v) is 0.850. The lowest BCUT2D eigenvalue weighted by atomic mass is 10.2. The summed E-state index contributed by atoms with van der Waals surface area (Å²) in [7, 11) is 0. The molecule has 0 atom stereocenters. The lowest BCUT2D eigenvalue weighted by Gasteiger charge is -2.02. The number of rotatable bonds is 3. The van der Waals surface area contributed by atoms with E-state index in [-0.39, 0.29) is 17.0 Å². The zero-order chi connectivity index (χ0) is 9.84. The van der Waals surface area contributed by atoms with Gasteiger partial charge >= 0.3 is 5.97 Å². The summed E-state index contributed by atoms with van der Waals surface area (Å²) in [5.74, 6) is -1.40. The van der Waals surface area contributed by atoms with Gasteiger partial charge < -0.3 is 15.5 Å². The molecule has 1 aromatic carbocycles. The Morgan fingerprint density at radius 3 is 2.62 bits per heavy atom. The SMILES string of the molecule is O=CNc1ccc(C(=O)O)cc1O. The van der Waals surface area contributed by atoms with E-state index < -0.39 is 5.97 Å². The molecule has 0 saturated carbocycles. The van der Waals surface area contributed by atoms with Gasteiger partial charge in [0, 0.05) is 0 Å². The number of carboxylic acids is 1. The van der Waals surface area contributed by atoms with Gasteiger partial charge in [-0.05, 0) is 18.2 Å². The van der Waals surface area contributed by atoms with Crippen LogP contribution in [0.25, 0.3) is 0 Å². The van der Waals surface area contributed by atoms with E-state index in [9.17, 15) is 14.7 Å². The van der Waals surface area contributed by atoms with E-state index in [1.54, 1.807) is 0 Å². The molecule has 1 amide bonds. The smallest absolute Gasteiger partial charge is 0.335 e. The van der Waals surface area contributed by atoms with Crippen molar-refractivity contribution in [3.63, 3.8) is 0 Å². The molecule has 0 fully saturated rings. The Morgan fingerprint density at radius 1 is 1.46 bits per heavy atom. The standard InChI is InChI=1S/C8H7NO4/c10-4-9-6-2-1-5(8(12)13)3-7(6)11/h1-4,11H,(H,9,10)(H,12,13). The number of anilines is 1. The van der Waals surface area contributed by atoms with Crippen molar-refractivity contribution in [2.75, 3.05) is 5.32 Å². The monoisotopic (exact) mass is 181 g/mol. The minimum Gasteiger partial charge on any atom is -0.506 e. The van der Waals surface area contributed by atoms with Crippen LogP contribution in [0.15, 0.2) is 18.2 Å². The highest BCUT2D eigenvalue weighted by Crippen LogP contribution is 2.23. The second-order valence-corrected chi connectivity index (χ2v) is 2.30. The number of hydrogen-bond acceptors (Lipinski definition) is 3. The number of aromatic carboxylic acids is 1. The van der Waals surface area contributed by atoms with Gasteiger partial charge in [0.25, 0.3) is 0 Å². The van der Waals surface area contributed by atoms with Crippen LogP contribution in [0.4, 0.5) is 5.69 Å². The van der Waals surface area contributed by atoms with Crippen molar-refractivity contribution in [3.8, 4) is 5.75 Å². The van der Waals surface area contributed by atoms with E-state index in [0.717, 1.165) is 6.07 Å². The fourth-order valence-electron chi connectivity index (χ4n) is 0.850. The predicted octanol–water partition coefficient (Wildman–Crippen LogP) is 0.659. The van der Waals surface area contributed by atoms with Gasteiger partial charge in [-0.2, -0.15) is 0 Å². The molecule has 68 valence electrons. The maximum Gasteiger partial charge on any atom is 0.335 e. The second-order valence-electron chi connectivity index (χ2n) is 2.30. The van der Waals surface area contributed by atoms with Crippen molar-refractivity contribution in [2.24, 2.45) is 0 Å². The third-order valence-corrected chi connectivity index (χ3v) is 1.46. The third kappa shape index (κ3) is 1.96. The van der Waals surface area contributed by atoms with Gasteiger partial charge in [-0.15, -0.1) is 0 Å². The summed E-state index contributed by atoms with van der Waals surface area (Å²) in [6.07, 6.45) is 0.398. The molecule has 0 saturated heterocycles. The summed E-state index contributed by atoms with van der Waals surface area (Å²) in [5.41, 5.74) is 0.147. The highest BCUT2D eigenvalue weighted by Gasteiger charge is 2.06. The molecule has 5 heteroatoms. The average molecular weight is 181 g/mol. The molecule has 0 bridgehead atoms. The Balaban J connectivity index is 3.04. The topological polar surface area (TPSA) is 86.6 Å². The molecule has 0 aromatic heterocycles. The van der Waals surface area contributed by atoms with Crippen LogP contribution in [-0.4, -0.2) is 22.6 Å². The summed E-state index contributed by atoms with van der Waals surface area (Å²) < 4.78 is 0. The molecular formula is C8H7NO4. The van der Waals surface area contributed by atoms with Gasteiger partial charge in [0.15, 0.2) is 0 Å². The normalized spacial score (nSPS) is 9.23. The van der Waals surface area contributed by atoms with Crippen LogP contribution in [0.2, 0.25) is 0 Å². The van der Waals surface area contributed by atoms with Crippen LogP contribution in [0.3, 0.4) is 0 Å². The van der Waals surface area contributed by atoms with Crippen LogP contribution in [0, 0.1) is 0 Å². The van der Waals surface area contributed by atoms with Crippen molar-refractivity contribution in [3.05, 3.63) is 23.8 Å². The lowest BCUT2D eigenvalue weighted by molar-refractivity contribution is -0.105. The minimum atomic E-state index is -1.13. The number of aromatic hydroxyl groups is 1. The van der Waals surface area contributed by atoms with Gasteiger partial charge in [0.1, 0.15) is 5.75 Å². The quantitative estimate of drug-likeness (QED) is 0.472. The van der Waals surface area contributed by atoms with Crippen LogP contribution in [0.5, 0.6) is 5.75 Å². The van der Waals surface area contributed by atoms with Gasteiger partial charge in [0.05, 0.1) is 11.3 Å². The first-order valence-corrected chi connectivity index (χ1v) is 3.41.